The molecule has 9 nitrogen and oxygen atoms in total. The summed E-state index contributed by atoms with van der Waals surface area (Å²) in [6.45, 7) is 11.3. The van der Waals surface area contributed by atoms with Crippen LogP contribution in [0.3, 0.4) is 0 Å². The highest BCUT2D eigenvalue weighted by atomic mass is 35.5. The van der Waals surface area contributed by atoms with Crippen molar-refractivity contribution >= 4 is 35.0 Å². The number of aryl methyl sites for hydroxylation is 1. The Morgan fingerprint density at radius 3 is 2.51 bits per heavy atom. The first kappa shape index (κ1) is 35.8. The van der Waals surface area contributed by atoms with Crippen LogP contribution < -0.4 is 15.4 Å². The summed E-state index contributed by atoms with van der Waals surface area (Å²) < 4.78 is 5.91. The lowest BCUT2D eigenvalue weighted by Crippen LogP contribution is -2.44. The van der Waals surface area contributed by atoms with E-state index in [1.54, 1.807) is 27.3 Å². The van der Waals surface area contributed by atoms with Gasteiger partial charge in [0.1, 0.15) is 5.57 Å². The maximum Gasteiger partial charge on any atom is 0.261 e. The zero-order valence-corrected chi connectivity index (χ0v) is 30.0. The molecule has 2 unspecified atom stereocenters. The molecule has 2 N–H and O–H groups in total. The lowest BCUT2D eigenvalue weighted by atomic mass is 9.95. The summed E-state index contributed by atoms with van der Waals surface area (Å²) in [6, 6.07) is 13.8. The second-order valence-electron chi connectivity index (χ2n) is 12.8. The van der Waals surface area contributed by atoms with E-state index >= 15 is 0 Å². The van der Waals surface area contributed by atoms with Gasteiger partial charge in [-0.2, -0.15) is 0 Å². The molecule has 49 heavy (non-hydrogen) atoms. The van der Waals surface area contributed by atoms with Crippen molar-refractivity contribution in [3.05, 3.63) is 88.5 Å². The highest BCUT2D eigenvalue weighted by Crippen LogP contribution is 2.47. The third-order valence-electron chi connectivity index (χ3n) is 9.69. The standard InChI is InChI=1S/C37H40ClN5O4.C2H6/c1-6-9-27(36(46)42(3)4)34(45)39-28-13-8-10-24(22(28)2)25-11-7-12-26(33(25)38)29-20-23-14-15-30(32(23)35(40-29)47-5)43-19-18-37(21-43)17-16-31(44)41-37;1-2/h6-13,20,30H,1,14-19,21H2,2-5H3,(H,39,45)(H,41,44);1-2H3/b27-9-;. The molecule has 2 aliphatic heterocycles. The van der Waals surface area contributed by atoms with Crippen LogP contribution in [0.1, 0.15) is 62.3 Å². The van der Waals surface area contributed by atoms with E-state index in [0.717, 1.165) is 72.3 Å². The molecular weight excluding hydrogens is 638 g/mol. The smallest absolute Gasteiger partial charge is 0.261 e. The number of hydrogen-bond donors (Lipinski definition) is 2. The largest absolute Gasteiger partial charge is 0.481 e. The number of anilines is 1. The predicted molar refractivity (Wildman–Crippen MR) is 196 cm³/mol. The van der Waals surface area contributed by atoms with Gasteiger partial charge < -0.3 is 20.3 Å². The number of likely N-dealkylation sites (N-methyl/N-ethyl adjacent to an activating group) is 1. The number of aromatic nitrogens is 1. The van der Waals surface area contributed by atoms with Crippen LogP contribution in [0.2, 0.25) is 5.02 Å². The van der Waals surface area contributed by atoms with E-state index in [-0.39, 0.29) is 23.1 Å². The van der Waals surface area contributed by atoms with Gasteiger partial charge in [-0.1, -0.05) is 68.4 Å². The predicted octanol–water partition coefficient (Wildman–Crippen LogP) is 6.89. The zero-order chi connectivity index (χ0) is 35.5. The number of rotatable bonds is 8. The first-order valence-corrected chi connectivity index (χ1v) is 17.3. The fourth-order valence-corrected chi connectivity index (χ4v) is 7.61. The van der Waals surface area contributed by atoms with E-state index in [0.29, 0.717) is 23.0 Å². The van der Waals surface area contributed by atoms with Crippen LogP contribution in [0.15, 0.2) is 66.8 Å². The number of hydrogen-bond acceptors (Lipinski definition) is 6. The maximum absolute atomic E-state index is 13.2. The average Bonchev–Trinajstić information content (AvgIpc) is 3.82. The third kappa shape index (κ3) is 7.00. The highest BCUT2D eigenvalue weighted by Gasteiger charge is 2.46. The minimum Gasteiger partial charge on any atom is -0.481 e. The Kier molecular flexibility index (Phi) is 10.9. The van der Waals surface area contributed by atoms with Crippen molar-refractivity contribution in [3.63, 3.8) is 0 Å². The molecule has 0 radical (unpaired) electrons. The number of methoxy groups -OCH3 is 1. The third-order valence-corrected chi connectivity index (χ3v) is 10.1. The fourth-order valence-electron chi connectivity index (χ4n) is 7.28. The number of halogens is 1. The van der Waals surface area contributed by atoms with E-state index < -0.39 is 11.8 Å². The molecule has 2 fully saturated rings. The van der Waals surface area contributed by atoms with Crippen molar-refractivity contribution in [2.45, 2.75) is 64.5 Å². The molecule has 0 saturated carbocycles. The topological polar surface area (TPSA) is 104 Å². The van der Waals surface area contributed by atoms with Gasteiger partial charge in [-0.25, -0.2) is 4.98 Å². The molecule has 2 atom stereocenters. The minimum atomic E-state index is -0.520. The van der Waals surface area contributed by atoms with Crippen molar-refractivity contribution in [1.82, 2.24) is 20.1 Å². The molecule has 0 bridgehead atoms. The van der Waals surface area contributed by atoms with Gasteiger partial charge in [0.25, 0.3) is 11.8 Å². The van der Waals surface area contributed by atoms with Crippen molar-refractivity contribution in [2.75, 3.05) is 39.6 Å². The van der Waals surface area contributed by atoms with Crippen molar-refractivity contribution in [3.8, 4) is 28.3 Å². The van der Waals surface area contributed by atoms with Gasteiger partial charge in [-0.3, -0.25) is 19.3 Å². The summed E-state index contributed by atoms with van der Waals surface area (Å²) in [4.78, 5) is 46.6. The van der Waals surface area contributed by atoms with Crippen LogP contribution in [0.25, 0.3) is 22.4 Å². The number of carbonyl (C=O) groups excluding carboxylic acids is 3. The summed E-state index contributed by atoms with van der Waals surface area (Å²) in [5.41, 5.74) is 6.74. The van der Waals surface area contributed by atoms with E-state index in [2.05, 4.69) is 28.2 Å². The Hall–Kier alpha value is -4.47. The Labute approximate surface area is 294 Å². The van der Waals surface area contributed by atoms with Gasteiger partial charge in [0, 0.05) is 62.0 Å². The number of pyridine rings is 1. The number of carbonyl (C=O) groups is 3. The van der Waals surface area contributed by atoms with Gasteiger partial charge in [-0.05, 0) is 67.5 Å². The summed E-state index contributed by atoms with van der Waals surface area (Å²) in [6.07, 6.45) is 7.16. The number of likely N-dealkylation sites (tertiary alicyclic amines) is 1. The molecule has 3 heterocycles. The molecule has 2 aromatic carbocycles. The SMILES string of the molecule is C=C/C=C(/C(=O)Nc1cccc(-c2cccc(-c3cc4c(c(OC)n3)C(N3CCC5(CCC(=O)N5)C3)CC4)c2Cl)c1C)C(=O)N(C)C.CC. The molecule has 1 aromatic heterocycles. The van der Waals surface area contributed by atoms with E-state index in [1.807, 2.05) is 51.1 Å². The summed E-state index contributed by atoms with van der Waals surface area (Å²) >= 11 is 7.15. The molecule has 10 heteroatoms. The first-order chi connectivity index (χ1) is 23.6. The zero-order valence-electron chi connectivity index (χ0n) is 29.3. The van der Waals surface area contributed by atoms with Crippen LogP contribution in [0.4, 0.5) is 5.69 Å². The number of amides is 3. The Morgan fingerprint density at radius 1 is 1.12 bits per heavy atom. The van der Waals surface area contributed by atoms with E-state index in [4.69, 9.17) is 21.3 Å². The summed E-state index contributed by atoms with van der Waals surface area (Å²) in [5, 5.41) is 6.68. The molecular formula is C39H46ClN5O4. The van der Waals surface area contributed by atoms with Crippen LogP contribution in [0.5, 0.6) is 5.88 Å². The number of ether oxygens (including phenoxy) is 1. The quantitative estimate of drug-likeness (QED) is 0.116. The van der Waals surface area contributed by atoms with Crippen LogP contribution >= 0.6 is 11.6 Å². The molecule has 1 aliphatic carbocycles. The monoisotopic (exact) mass is 683 g/mol. The second-order valence-corrected chi connectivity index (χ2v) is 13.2. The summed E-state index contributed by atoms with van der Waals surface area (Å²) in [7, 11) is 4.85. The molecule has 3 amide bonds. The second kappa shape index (κ2) is 15.0. The molecule has 2 saturated heterocycles. The van der Waals surface area contributed by atoms with Crippen LogP contribution in [-0.2, 0) is 20.8 Å². The average molecular weight is 684 g/mol. The maximum atomic E-state index is 13.2. The number of benzene rings is 2. The Balaban J connectivity index is 0.00000230. The van der Waals surface area contributed by atoms with Gasteiger partial charge in [0.05, 0.1) is 23.4 Å². The lowest BCUT2D eigenvalue weighted by molar-refractivity contribution is -0.127. The van der Waals surface area contributed by atoms with Crippen molar-refractivity contribution < 1.29 is 19.1 Å². The molecule has 6 rings (SSSR count). The normalized spacial score (nSPS) is 19.9. The molecule has 1 spiro atoms. The summed E-state index contributed by atoms with van der Waals surface area (Å²) in [5.74, 6) is -0.176. The number of fused-ring (bicyclic) bond motifs is 1. The van der Waals surface area contributed by atoms with Crippen LogP contribution in [0, 0.1) is 6.92 Å². The minimum absolute atomic E-state index is 0.0109. The van der Waals surface area contributed by atoms with Gasteiger partial charge in [0.15, 0.2) is 0 Å². The fraction of sp³-hybridized carbons (Fsp3) is 0.385. The number of nitrogens with one attached hydrogen (secondary N) is 2. The highest BCUT2D eigenvalue weighted by molar-refractivity contribution is 6.36. The van der Waals surface area contributed by atoms with Gasteiger partial charge in [-0.15, -0.1) is 0 Å². The number of nitrogens with zero attached hydrogens (tertiary/aromatic N) is 3. The molecule has 3 aliphatic rings. The van der Waals surface area contributed by atoms with Crippen LogP contribution in [-0.4, -0.2) is 72.3 Å². The van der Waals surface area contributed by atoms with Crippen molar-refractivity contribution in [2.24, 2.45) is 0 Å². The van der Waals surface area contributed by atoms with Gasteiger partial charge in [0.2, 0.25) is 11.8 Å². The Morgan fingerprint density at radius 2 is 1.84 bits per heavy atom. The van der Waals surface area contributed by atoms with E-state index in [1.165, 1.54) is 22.6 Å². The van der Waals surface area contributed by atoms with Crippen molar-refractivity contribution in [1.29, 1.82) is 0 Å². The van der Waals surface area contributed by atoms with Gasteiger partial charge >= 0.3 is 0 Å². The molecule has 258 valence electrons. The lowest BCUT2D eigenvalue weighted by Gasteiger charge is -2.28. The van der Waals surface area contributed by atoms with E-state index in [9.17, 15) is 14.4 Å². The first-order valence-electron chi connectivity index (χ1n) is 16.9. The number of allylic oxidation sites excluding steroid dienone is 2. The molecule has 3 aromatic rings. The Bertz CT molecular complexity index is 1820.